The van der Waals surface area contributed by atoms with Crippen LogP contribution in [-0.2, 0) is 9.47 Å². The van der Waals surface area contributed by atoms with Gasteiger partial charge in [-0.3, -0.25) is 0 Å². The molecule has 90 valence electrons. The number of hydrogen-bond donors (Lipinski definition) is 1. The number of ether oxygens (including phenoxy) is 2. The number of alkyl halides is 2. The van der Waals surface area contributed by atoms with Crippen LogP contribution < -0.4 is 5.32 Å². The molecule has 0 bridgehead atoms. The fourth-order valence-corrected chi connectivity index (χ4v) is 1.47. The smallest absolute Gasteiger partial charge is 0.438 e. The summed E-state index contributed by atoms with van der Waals surface area (Å²) in [5, 5.41) is 3.03. The van der Waals surface area contributed by atoms with E-state index in [0.717, 1.165) is 7.11 Å². The molecule has 1 aliphatic rings. The van der Waals surface area contributed by atoms with Gasteiger partial charge in [0, 0.05) is 12.8 Å². The molecule has 6 heteroatoms. The zero-order valence-electron chi connectivity index (χ0n) is 8.89. The number of carbonyl (C=O) groups is 1. The first-order chi connectivity index (χ1) is 7.58. The molecule has 0 unspecified atom stereocenters. The summed E-state index contributed by atoms with van der Waals surface area (Å²) in [5.74, 6) is 4.08. The topological polar surface area (TPSA) is 47.6 Å². The molecule has 0 atom stereocenters. The first-order valence-corrected chi connectivity index (χ1v) is 4.86. The number of nitrogens with one attached hydrogen (secondary N) is 1. The van der Waals surface area contributed by atoms with E-state index in [4.69, 9.17) is 4.74 Å². The zero-order chi connectivity index (χ0) is 12.0. The van der Waals surface area contributed by atoms with Gasteiger partial charge in [0.2, 0.25) is 0 Å². The van der Waals surface area contributed by atoms with E-state index in [1.807, 2.05) is 0 Å². The van der Waals surface area contributed by atoms with E-state index in [2.05, 4.69) is 16.0 Å². The van der Waals surface area contributed by atoms with Gasteiger partial charge < -0.3 is 14.8 Å². The Kier molecular flexibility index (Phi) is 4.50. The Morgan fingerprint density at radius 3 is 2.56 bits per heavy atom. The Balaban J connectivity index is 2.76. The van der Waals surface area contributed by atoms with E-state index in [0.29, 0.717) is 25.9 Å². The number of carbonyl (C=O) groups excluding carboxylic acids is 1. The maximum Gasteiger partial charge on any atom is 0.509 e. The molecule has 1 fully saturated rings. The van der Waals surface area contributed by atoms with Crippen molar-refractivity contribution in [1.29, 1.82) is 0 Å². The molecule has 1 rings (SSSR count). The highest BCUT2D eigenvalue weighted by atomic mass is 19.3. The average Bonchev–Trinajstić information content (AvgIpc) is 2.28. The molecular weight excluding hydrogens is 220 g/mol. The maximum atomic E-state index is 12.0. The van der Waals surface area contributed by atoms with Crippen molar-refractivity contribution in [1.82, 2.24) is 5.32 Å². The normalized spacial score (nSPS) is 18.5. The minimum atomic E-state index is -2.73. The Bertz CT molecular complexity index is 303. The van der Waals surface area contributed by atoms with Crippen LogP contribution in [0.4, 0.5) is 13.6 Å². The summed E-state index contributed by atoms with van der Waals surface area (Å²) < 4.78 is 33.4. The molecule has 1 N–H and O–H groups in total. The minimum absolute atomic E-state index is 0.377. The van der Waals surface area contributed by atoms with Crippen LogP contribution in [0.5, 0.6) is 0 Å². The van der Waals surface area contributed by atoms with Crippen LogP contribution in [-0.4, -0.2) is 38.4 Å². The fourth-order valence-electron chi connectivity index (χ4n) is 1.47. The quantitative estimate of drug-likeness (QED) is 0.545. The summed E-state index contributed by atoms with van der Waals surface area (Å²) >= 11 is 0. The molecule has 4 nitrogen and oxygen atoms in total. The average molecular weight is 233 g/mol. The van der Waals surface area contributed by atoms with Gasteiger partial charge in [-0.1, -0.05) is 0 Å². The van der Waals surface area contributed by atoms with Crippen LogP contribution in [0.1, 0.15) is 12.8 Å². The number of piperidine rings is 1. The summed E-state index contributed by atoms with van der Waals surface area (Å²) in [6, 6.07) is 0. The lowest BCUT2D eigenvalue weighted by molar-refractivity contribution is -0.0103. The van der Waals surface area contributed by atoms with Gasteiger partial charge in [-0.15, -0.1) is 0 Å². The van der Waals surface area contributed by atoms with E-state index in [1.54, 1.807) is 5.92 Å². The Morgan fingerprint density at radius 1 is 1.44 bits per heavy atom. The van der Waals surface area contributed by atoms with Gasteiger partial charge in [-0.25, -0.2) is 4.79 Å². The van der Waals surface area contributed by atoms with Crippen molar-refractivity contribution >= 4 is 6.16 Å². The third kappa shape index (κ3) is 3.66. The highest BCUT2D eigenvalue weighted by Gasteiger charge is 2.35. The van der Waals surface area contributed by atoms with Crippen LogP contribution in [0.2, 0.25) is 0 Å². The molecule has 0 saturated carbocycles. The number of hydrogen-bond acceptors (Lipinski definition) is 4. The van der Waals surface area contributed by atoms with Gasteiger partial charge in [-0.05, 0) is 24.9 Å². The van der Waals surface area contributed by atoms with E-state index >= 15 is 0 Å². The molecule has 1 aliphatic heterocycles. The summed E-state index contributed by atoms with van der Waals surface area (Å²) in [7, 11) is 1.16. The molecule has 1 heterocycles. The molecule has 0 aliphatic carbocycles. The third-order valence-electron chi connectivity index (χ3n) is 2.27. The molecular formula is C10H13F2NO3. The summed E-state index contributed by atoms with van der Waals surface area (Å²) in [6.45, 7) is 1.13. The van der Waals surface area contributed by atoms with Crippen molar-refractivity contribution in [3.8, 4) is 11.8 Å². The lowest BCUT2D eigenvalue weighted by Gasteiger charge is -2.31. The third-order valence-corrected chi connectivity index (χ3v) is 2.27. The van der Waals surface area contributed by atoms with Crippen molar-refractivity contribution in [2.24, 2.45) is 0 Å². The van der Waals surface area contributed by atoms with Crippen molar-refractivity contribution in [2.75, 3.05) is 20.2 Å². The second kappa shape index (κ2) is 5.66. The highest BCUT2D eigenvalue weighted by Crippen LogP contribution is 2.23. The molecule has 0 aromatic heterocycles. The van der Waals surface area contributed by atoms with Crippen molar-refractivity contribution in [2.45, 2.75) is 24.9 Å². The van der Waals surface area contributed by atoms with Crippen LogP contribution in [0.25, 0.3) is 0 Å². The molecule has 0 aromatic rings. The number of rotatable bonds is 1. The van der Waals surface area contributed by atoms with Gasteiger partial charge in [0.1, 0.15) is 0 Å². The summed E-state index contributed by atoms with van der Waals surface area (Å²) in [6.07, 6.45) is -2.87. The van der Waals surface area contributed by atoms with Crippen LogP contribution in [0.15, 0.2) is 0 Å². The van der Waals surface area contributed by atoms with Gasteiger partial charge in [0.25, 0.3) is 6.43 Å². The second-order valence-corrected chi connectivity index (χ2v) is 3.37. The Morgan fingerprint density at radius 2 is 2.06 bits per heavy atom. The fraction of sp³-hybridized carbons (Fsp3) is 0.700. The lowest BCUT2D eigenvalue weighted by atomic mass is 9.93. The molecule has 0 radical (unpaired) electrons. The van der Waals surface area contributed by atoms with Crippen molar-refractivity contribution in [3.05, 3.63) is 0 Å². The predicted molar refractivity (Wildman–Crippen MR) is 52.1 cm³/mol. The predicted octanol–water partition coefficient (Wildman–Crippen LogP) is 1.16. The van der Waals surface area contributed by atoms with Crippen LogP contribution in [0, 0.1) is 11.8 Å². The monoisotopic (exact) mass is 233 g/mol. The molecule has 0 spiro atoms. The maximum absolute atomic E-state index is 12.0. The summed E-state index contributed by atoms with van der Waals surface area (Å²) in [5.41, 5.74) is -1.14. The van der Waals surface area contributed by atoms with Crippen molar-refractivity contribution in [3.63, 3.8) is 0 Å². The Labute approximate surface area is 92.3 Å². The lowest BCUT2D eigenvalue weighted by Crippen LogP contribution is -2.44. The van der Waals surface area contributed by atoms with Crippen LogP contribution in [0.3, 0.4) is 0 Å². The van der Waals surface area contributed by atoms with Crippen molar-refractivity contribution < 1.29 is 23.0 Å². The van der Waals surface area contributed by atoms with Crippen LogP contribution >= 0.6 is 0 Å². The molecule has 0 aromatic carbocycles. The van der Waals surface area contributed by atoms with E-state index in [1.165, 1.54) is 0 Å². The summed E-state index contributed by atoms with van der Waals surface area (Å²) in [4.78, 5) is 11.0. The highest BCUT2D eigenvalue weighted by molar-refractivity contribution is 5.61. The second-order valence-electron chi connectivity index (χ2n) is 3.37. The zero-order valence-corrected chi connectivity index (χ0v) is 8.89. The molecule has 0 amide bonds. The minimum Gasteiger partial charge on any atom is -0.438 e. The molecule has 1 saturated heterocycles. The number of halogens is 2. The Hall–Kier alpha value is -1.35. The first kappa shape index (κ1) is 12.7. The number of methoxy groups -OCH3 is 1. The van der Waals surface area contributed by atoms with Gasteiger partial charge >= 0.3 is 6.16 Å². The van der Waals surface area contributed by atoms with Gasteiger partial charge in [0.15, 0.2) is 5.60 Å². The first-order valence-electron chi connectivity index (χ1n) is 4.86. The standard InChI is InChI=1S/C10H13F2NO3/c1-15-9(14)16-10(3-2-8(11)12)4-6-13-7-5-10/h8,13H,4-7H2,1H3. The SMILES string of the molecule is COC(=O)OC1(C#CC(F)F)CCNCC1. The largest absolute Gasteiger partial charge is 0.509 e. The molecule has 16 heavy (non-hydrogen) atoms. The van der Waals surface area contributed by atoms with E-state index in [9.17, 15) is 13.6 Å². The van der Waals surface area contributed by atoms with E-state index in [-0.39, 0.29) is 0 Å². The van der Waals surface area contributed by atoms with E-state index < -0.39 is 18.2 Å². The van der Waals surface area contributed by atoms with Gasteiger partial charge in [0.05, 0.1) is 7.11 Å². The van der Waals surface area contributed by atoms with Gasteiger partial charge in [-0.2, -0.15) is 8.78 Å².